The molecule has 0 unspecified atom stereocenters. The van der Waals surface area contributed by atoms with Crippen LogP contribution in [-0.4, -0.2) is 52.4 Å². The van der Waals surface area contributed by atoms with Crippen molar-refractivity contribution >= 4 is 11.7 Å². The van der Waals surface area contributed by atoms with Gasteiger partial charge in [0.25, 0.3) is 12.3 Å². The van der Waals surface area contributed by atoms with Gasteiger partial charge in [-0.3, -0.25) is 9.78 Å². The van der Waals surface area contributed by atoms with Gasteiger partial charge in [0.2, 0.25) is 5.88 Å². The van der Waals surface area contributed by atoms with Crippen LogP contribution in [0.5, 0.6) is 11.6 Å². The van der Waals surface area contributed by atoms with Gasteiger partial charge in [-0.15, -0.1) is 10.2 Å². The molecule has 2 N–H and O–H groups in total. The summed E-state index contributed by atoms with van der Waals surface area (Å²) in [7, 11) is 1.54. The zero-order chi connectivity index (χ0) is 24.1. The van der Waals surface area contributed by atoms with Crippen molar-refractivity contribution in [3.8, 4) is 11.6 Å². The molecule has 0 bridgehead atoms. The van der Waals surface area contributed by atoms with Gasteiger partial charge in [-0.1, -0.05) is 0 Å². The second kappa shape index (κ2) is 10.4. The van der Waals surface area contributed by atoms with E-state index in [1.807, 2.05) is 0 Å². The number of piperidine rings is 1. The van der Waals surface area contributed by atoms with Gasteiger partial charge in [0.15, 0.2) is 11.5 Å². The summed E-state index contributed by atoms with van der Waals surface area (Å²) in [5, 5.41) is 7.92. The second-order valence-corrected chi connectivity index (χ2v) is 7.80. The molecule has 1 saturated heterocycles. The Morgan fingerprint density at radius 1 is 1.18 bits per heavy atom. The van der Waals surface area contributed by atoms with E-state index in [1.54, 1.807) is 47.8 Å². The fourth-order valence-corrected chi connectivity index (χ4v) is 3.95. The summed E-state index contributed by atoms with van der Waals surface area (Å²) in [4.78, 5) is 21.8. The van der Waals surface area contributed by atoms with Crippen LogP contribution in [0.3, 0.4) is 0 Å². The summed E-state index contributed by atoms with van der Waals surface area (Å²) >= 11 is 0. The standard InChI is InChI=1S/C23H24F2N6O3/c1-33-18-3-2-16(13-28-18)34-15-6-10-31(11-7-15)23-19(21(24)25)17(20(22(26)32)29-30-23)12-14-4-8-27-9-5-14/h2-5,8-9,13,15,21H,6-7,10-12H2,1H3,(H2,26,32). The molecule has 9 nitrogen and oxygen atoms in total. The molecule has 34 heavy (non-hydrogen) atoms. The van der Waals surface area contributed by atoms with Crippen LogP contribution in [0.25, 0.3) is 0 Å². The van der Waals surface area contributed by atoms with E-state index >= 15 is 0 Å². The Morgan fingerprint density at radius 2 is 1.91 bits per heavy atom. The first-order valence-electron chi connectivity index (χ1n) is 10.7. The molecule has 0 aromatic carbocycles. The lowest BCUT2D eigenvalue weighted by molar-refractivity contribution is 0.0992. The summed E-state index contributed by atoms with van der Waals surface area (Å²) in [5.74, 6) is 0.263. The van der Waals surface area contributed by atoms with Crippen molar-refractivity contribution in [2.24, 2.45) is 5.73 Å². The molecule has 11 heteroatoms. The van der Waals surface area contributed by atoms with Crippen LogP contribution in [0.4, 0.5) is 14.6 Å². The molecule has 0 spiro atoms. The number of hydrogen-bond acceptors (Lipinski definition) is 8. The van der Waals surface area contributed by atoms with E-state index in [9.17, 15) is 13.6 Å². The number of rotatable bonds is 8. The van der Waals surface area contributed by atoms with E-state index in [1.165, 1.54) is 7.11 Å². The lowest BCUT2D eigenvalue weighted by atomic mass is 9.98. The van der Waals surface area contributed by atoms with E-state index in [4.69, 9.17) is 15.2 Å². The van der Waals surface area contributed by atoms with Gasteiger partial charge < -0.3 is 20.1 Å². The van der Waals surface area contributed by atoms with Crippen LogP contribution in [0.15, 0.2) is 42.9 Å². The number of nitrogens with zero attached hydrogens (tertiary/aromatic N) is 5. The first kappa shape index (κ1) is 23.3. The molecule has 3 aromatic rings. The van der Waals surface area contributed by atoms with Crippen molar-refractivity contribution in [2.75, 3.05) is 25.1 Å². The largest absolute Gasteiger partial charge is 0.489 e. The zero-order valence-corrected chi connectivity index (χ0v) is 18.5. The van der Waals surface area contributed by atoms with Crippen LogP contribution in [0, 0.1) is 0 Å². The highest BCUT2D eigenvalue weighted by molar-refractivity contribution is 5.93. The number of amides is 1. The molecule has 1 aliphatic rings. The summed E-state index contributed by atoms with van der Waals surface area (Å²) in [5.41, 5.74) is 5.66. The van der Waals surface area contributed by atoms with Crippen LogP contribution in [0.2, 0.25) is 0 Å². The Balaban J connectivity index is 1.55. The maximum absolute atomic E-state index is 14.3. The van der Waals surface area contributed by atoms with Gasteiger partial charge in [0.1, 0.15) is 11.9 Å². The van der Waals surface area contributed by atoms with Crippen molar-refractivity contribution < 1.29 is 23.0 Å². The molecule has 1 aliphatic heterocycles. The Labute approximate surface area is 194 Å². The maximum Gasteiger partial charge on any atom is 0.269 e. The van der Waals surface area contributed by atoms with E-state index < -0.39 is 12.3 Å². The molecule has 0 radical (unpaired) electrons. The third kappa shape index (κ3) is 5.19. The summed E-state index contributed by atoms with van der Waals surface area (Å²) in [6.45, 7) is 0.876. The number of ether oxygens (including phenoxy) is 2. The molecule has 1 fully saturated rings. The van der Waals surface area contributed by atoms with Crippen molar-refractivity contribution in [1.29, 1.82) is 0 Å². The summed E-state index contributed by atoms with van der Waals surface area (Å²) in [6.07, 6.45) is 2.98. The van der Waals surface area contributed by atoms with Crippen molar-refractivity contribution in [1.82, 2.24) is 20.2 Å². The van der Waals surface area contributed by atoms with Gasteiger partial charge in [0.05, 0.1) is 18.9 Å². The van der Waals surface area contributed by atoms with Crippen LogP contribution < -0.4 is 20.1 Å². The van der Waals surface area contributed by atoms with Crippen LogP contribution >= 0.6 is 0 Å². The fraction of sp³-hybridized carbons (Fsp3) is 0.348. The molecule has 4 rings (SSSR count). The summed E-state index contributed by atoms with van der Waals surface area (Å²) in [6, 6.07) is 6.86. The smallest absolute Gasteiger partial charge is 0.269 e. The minimum atomic E-state index is -2.86. The number of halogens is 2. The fourth-order valence-electron chi connectivity index (χ4n) is 3.95. The molecule has 0 atom stereocenters. The lowest BCUT2D eigenvalue weighted by Gasteiger charge is -2.34. The third-order valence-corrected chi connectivity index (χ3v) is 5.64. The Kier molecular flexibility index (Phi) is 7.09. The summed E-state index contributed by atoms with van der Waals surface area (Å²) < 4.78 is 39.6. The predicted molar refractivity (Wildman–Crippen MR) is 119 cm³/mol. The highest BCUT2D eigenvalue weighted by Crippen LogP contribution is 2.35. The van der Waals surface area contributed by atoms with Crippen molar-refractivity contribution in [3.05, 3.63) is 65.2 Å². The highest BCUT2D eigenvalue weighted by atomic mass is 19.3. The Hall–Kier alpha value is -3.89. The van der Waals surface area contributed by atoms with Crippen LogP contribution in [0.1, 0.15) is 46.4 Å². The van der Waals surface area contributed by atoms with Gasteiger partial charge in [-0.05, 0) is 23.8 Å². The van der Waals surface area contributed by atoms with E-state index in [-0.39, 0.29) is 35.2 Å². The number of carbonyl (C=O) groups is 1. The number of methoxy groups -OCH3 is 1. The monoisotopic (exact) mass is 470 g/mol. The number of anilines is 1. The third-order valence-electron chi connectivity index (χ3n) is 5.64. The minimum Gasteiger partial charge on any atom is -0.489 e. The number of aromatic nitrogens is 4. The van der Waals surface area contributed by atoms with Crippen molar-refractivity contribution in [2.45, 2.75) is 31.8 Å². The number of nitrogens with two attached hydrogens (primary N) is 1. The number of alkyl halides is 2. The molecular formula is C23H24F2N6O3. The number of hydrogen-bond donors (Lipinski definition) is 1. The quantitative estimate of drug-likeness (QED) is 0.534. The number of carbonyl (C=O) groups excluding carboxylic acids is 1. The molecule has 178 valence electrons. The lowest BCUT2D eigenvalue weighted by Crippen LogP contribution is -2.39. The van der Waals surface area contributed by atoms with Gasteiger partial charge >= 0.3 is 0 Å². The van der Waals surface area contributed by atoms with Gasteiger partial charge in [-0.25, -0.2) is 13.8 Å². The van der Waals surface area contributed by atoms with E-state index in [0.717, 1.165) is 0 Å². The Morgan fingerprint density at radius 3 is 2.50 bits per heavy atom. The predicted octanol–water partition coefficient (Wildman–Crippen LogP) is 2.95. The normalized spacial score (nSPS) is 14.3. The van der Waals surface area contributed by atoms with Crippen LogP contribution in [-0.2, 0) is 6.42 Å². The van der Waals surface area contributed by atoms with E-state index in [2.05, 4.69) is 20.2 Å². The van der Waals surface area contributed by atoms with Gasteiger partial charge in [0, 0.05) is 56.4 Å². The molecule has 0 aliphatic carbocycles. The van der Waals surface area contributed by atoms with E-state index in [0.29, 0.717) is 43.1 Å². The first-order chi connectivity index (χ1) is 16.5. The highest BCUT2D eigenvalue weighted by Gasteiger charge is 2.31. The maximum atomic E-state index is 14.3. The SMILES string of the molecule is COc1ccc(OC2CCN(c3nnc(C(N)=O)c(Cc4ccncc4)c3C(F)F)CC2)cn1. The first-order valence-corrected chi connectivity index (χ1v) is 10.7. The molecule has 0 saturated carbocycles. The molecule has 3 aromatic heterocycles. The molecule has 1 amide bonds. The average Bonchev–Trinajstić information content (AvgIpc) is 2.85. The van der Waals surface area contributed by atoms with Crippen molar-refractivity contribution in [3.63, 3.8) is 0 Å². The second-order valence-electron chi connectivity index (χ2n) is 7.80. The Bertz CT molecular complexity index is 1120. The molecular weight excluding hydrogens is 446 g/mol. The zero-order valence-electron chi connectivity index (χ0n) is 18.5. The minimum absolute atomic E-state index is 0.0625. The topological polar surface area (TPSA) is 116 Å². The van der Waals surface area contributed by atoms with Gasteiger partial charge in [-0.2, -0.15) is 0 Å². The number of primary amides is 1. The average molecular weight is 470 g/mol. The molecule has 4 heterocycles. The number of pyridine rings is 2.